The molecule has 5 nitrogen and oxygen atoms in total. The molecule has 1 aliphatic carbocycles. The van der Waals surface area contributed by atoms with Crippen molar-refractivity contribution in [3.8, 4) is 11.5 Å². The van der Waals surface area contributed by atoms with Crippen LogP contribution in [-0.2, 0) is 9.53 Å². The first-order valence-electron chi connectivity index (χ1n) is 12.3. The average molecular weight is 465 g/mol. The molecule has 182 valence electrons. The van der Waals surface area contributed by atoms with E-state index in [1.54, 1.807) is 24.3 Å². The predicted molar refractivity (Wildman–Crippen MR) is 133 cm³/mol. The molecule has 0 heterocycles. The molecule has 3 rings (SSSR count). The van der Waals surface area contributed by atoms with E-state index in [9.17, 15) is 9.59 Å². The summed E-state index contributed by atoms with van der Waals surface area (Å²) < 4.78 is 16.6. The first-order chi connectivity index (χ1) is 16.4. The highest BCUT2D eigenvalue weighted by molar-refractivity contribution is 5.91. The first-order valence-corrected chi connectivity index (χ1v) is 12.3. The van der Waals surface area contributed by atoms with E-state index in [2.05, 4.69) is 25.6 Å². The largest absolute Gasteiger partial charge is 0.491 e. The summed E-state index contributed by atoms with van der Waals surface area (Å²) in [7, 11) is 0. The summed E-state index contributed by atoms with van der Waals surface area (Å²) in [6.07, 6.45) is 7.60. The molecule has 2 aromatic carbocycles. The van der Waals surface area contributed by atoms with E-state index in [0.29, 0.717) is 29.4 Å². The lowest BCUT2D eigenvalue weighted by Gasteiger charge is -2.28. The number of hydrogen-bond donors (Lipinski definition) is 0. The molecule has 2 atom stereocenters. The molecular weight excluding hydrogens is 428 g/mol. The summed E-state index contributed by atoms with van der Waals surface area (Å²) in [5.41, 5.74) is 1.79. The van der Waals surface area contributed by atoms with Crippen molar-refractivity contribution in [2.75, 3.05) is 0 Å². The fourth-order valence-corrected chi connectivity index (χ4v) is 4.59. The lowest BCUT2D eigenvalue weighted by atomic mass is 9.78. The van der Waals surface area contributed by atoms with Crippen molar-refractivity contribution in [1.29, 1.82) is 0 Å². The summed E-state index contributed by atoms with van der Waals surface area (Å²) in [5, 5.41) is 0. The minimum atomic E-state index is -0.448. The van der Waals surface area contributed by atoms with Gasteiger partial charge in [0.05, 0.1) is 11.7 Å². The Morgan fingerprint density at radius 3 is 2.15 bits per heavy atom. The van der Waals surface area contributed by atoms with Crippen molar-refractivity contribution in [3.05, 3.63) is 72.3 Å². The second kappa shape index (κ2) is 12.4. The summed E-state index contributed by atoms with van der Waals surface area (Å²) in [4.78, 5) is 23.8. The van der Waals surface area contributed by atoms with Gasteiger partial charge in [-0.15, -0.1) is 0 Å². The minimum Gasteiger partial charge on any atom is -0.491 e. The van der Waals surface area contributed by atoms with Gasteiger partial charge < -0.3 is 14.2 Å². The third kappa shape index (κ3) is 7.47. The van der Waals surface area contributed by atoms with Gasteiger partial charge in [0.25, 0.3) is 0 Å². The number of rotatable bonds is 10. The topological polar surface area (TPSA) is 61.8 Å². The highest BCUT2D eigenvalue weighted by Crippen LogP contribution is 2.37. The van der Waals surface area contributed by atoms with Crippen LogP contribution >= 0.6 is 0 Å². The van der Waals surface area contributed by atoms with Gasteiger partial charge in [0, 0.05) is 12.5 Å². The quantitative estimate of drug-likeness (QED) is 0.218. The molecule has 0 unspecified atom stereocenters. The highest BCUT2D eigenvalue weighted by atomic mass is 16.5. The number of benzene rings is 2. The molecule has 0 amide bonds. The zero-order valence-electron chi connectivity index (χ0n) is 20.5. The van der Waals surface area contributed by atoms with Crippen molar-refractivity contribution in [3.63, 3.8) is 0 Å². The van der Waals surface area contributed by atoms with Crippen molar-refractivity contribution >= 4 is 11.9 Å². The molecule has 0 aromatic heterocycles. The van der Waals surface area contributed by atoms with Crippen LogP contribution in [0.5, 0.6) is 11.5 Å². The Morgan fingerprint density at radius 1 is 0.941 bits per heavy atom. The normalized spacial score (nSPS) is 19.5. The molecule has 5 heteroatoms. The van der Waals surface area contributed by atoms with Crippen molar-refractivity contribution in [1.82, 2.24) is 0 Å². The second-order valence-corrected chi connectivity index (χ2v) is 9.22. The molecule has 2 aromatic rings. The third-order valence-electron chi connectivity index (χ3n) is 6.56. The van der Waals surface area contributed by atoms with Crippen molar-refractivity contribution < 1.29 is 23.8 Å². The number of hydrogen-bond acceptors (Lipinski definition) is 5. The molecule has 34 heavy (non-hydrogen) atoms. The van der Waals surface area contributed by atoms with Crippen LogP contribution in [0.4, 0.5) is 0 Å². The van der Waals surface area contributed by atoms with E-state index in [0.717, 1.165) is 12.0 Å². The second-order valence-electron chi connectivity index (χ2n) is 9.22. The predicted octanol–water partition coefficient (Wildman–Crippen LogP) is 6.86. The fraction of sp³-hybridized carbons (Fsp3) is 0.448. The molecule has 1 fully saturated rings. The Bertz CT molecular complexity index is 939. The summed E-state index contributed by atoms with van der Waals surface area (Å²) >= 11 is 0. The van der Waals surface area contributed by atoms with Crippen LogP contribution in [0.1, 0.15) is 81.1 Å². The molecule has 0 aliphatic heterocycles. The number of carbonyl (C=O) groups is 2. The van der Waals surface area contributed by atoms with Gasteiger partial charge in [-0.25, -0.2) is 9.59 Å². The maximum atomic E-state index is 12.6. The fourth-order valence-electron chi connectivity index (χ4n) is 4.59. The SMILES string of the molecule is C=CC(=O)O[C@H](C)C[C@H](C)Oc1ccc(C(=O)Oc2ccc(C3CCC(CC)CC3)cc2)cc1. The first kappa shape index (κ1) is 25.5. The number of carbonyl (C=O) groups excluding carboxylic acids is 2. The maximum absolute atomic E-state index is 12.6. The zero-order valence-corrected chi connectivity index (χ0v) is 20.5. The van der Waals surface area contributed by atoms with E-state index in [-0.39, 0.29) is 12.2 Å². The van der Waals surface area contributed by atoms with Crippen LogP contribution in [-0.4, -0.2) is 24.1 Å². The van der Waals surface area contributed by atoms with Gasteiger partial charge in [0.2, 0.25) is 0 Å². The van der Waals surface area contributed by atoms with Crippen LogP contribution in [0.15, 0.2) is 61.2 Å². The molecule has 1 saturated carbocycles. The Labute approximate surface area is 203 Å². The van der Waals surface area contributed by atoms with E-state index < -0.39 is 11.9 Å². The Balaban J connectivity index is 1.49. The lowest BCUT2D eigenvalue weighted by molar-refractivity contribution is -0.143. The van der Waals surface area contributed by atoms with Gasteiger partial charge >= 0.3 is 11.9 Å². The molecule has 0 N–H and O–H groups in total. The van der Waals surface area contributed by atoms with Gasteiger partial charge in [0.1, 0.15) is 17.6 Å². The van der Waals surface area contributed by atoms with Crippen LogP contribution in [0.3, 0.4) is 0 Å². The molecule has 0 radical (unpaired) electrons. The smallest absolute Gasteiger partial charge is 0.343 e. The molecule has 0 bridgehead atoms. The van der Waals surface area contributed by atoms with E-state index in [4.69, 9.17) is 14.2 Å². The summed E-state index contributed by atoms with van der Waals surface area (Å²) in [6, 6.07) is 14.8. The standard InChI is InChI=1S/C29H36O5/c1-5-22-7-9-23(10-8-22)24-11-15-27(16-12-24)34-29(31)25-13-17-26(18-14-25)32-20(3)19-21(4)33-28(30)6-2/h6,11-18,20-23H,2,5,7-10,19H2,1,3-4H3/t20-,21+,22?,23?/m0/s1. The Kier molecular flexibility index (Phi) is 9.32. The Hall–Kier alpha value is -3.08. The molecule has 0 spiro atoms. The van der Waals surface area contributed by atoms with Crippen LogP contribution in [0, 0.1) is 5.92 Å². The number of esters is 2. The zero-order chi connectivity index (χ0) is 24.5. The lowest BCUT2D eigenvalue weighted by Crippen LogP contribution is -2.22. The van der Waals surface area contributed by atoms with Gasteiger partial charge in [-0.05, 0) is 93.3 Å². The van der Waals surface area contributed by atoms with Gasteiger partial charge in [0.15, 0.2) is 0 Å². The monoisotopic (exact) mass is 464 g/mol. The van der Waals surface area contributed by atoms with Crippen LogP contribution < -0.4 is 9.47 Å². The van der Waals surface area contributed by atoms with Crippen molar-refractivity contribution in [2.24, 2.45) is 5.92 Å². The highest BCUT2D eigenvalue weighted by Gasteiger charge is 2.21. The van der Waals surface area contributed by atoms with Crippen LogP contribution in [0.25, 0.3) is 0 Å². The maximum Gasteiger partial charge on any atom is 0.343 e. The molecular formula is C29H36O5. The van der Waals surface area contributed by atoms with E-state index in [1.165, 1.54) is 37.7 Å². The summed E-state index contributed by atoms with van der Waals surface area (Å²) in [5.74, 6) is 1.82. The van der Waals surface area contributed by atoms with E-state index in [1.807, 2.05) is 26.0 Å². The Morgan fingerprint density at radius 2 is 1.56 bits per heavy atom. The van der Waals surface area contributed by atoms with Crippen molar-refractivity contribution in [2.45, 2.75) is 77.4 Å². The molecule has 1 aliphatic rings. The van der Waals surface area contributed by atoms with Gasteiger partial charge in [-0.3, -0.25) is 0 Å². The van der Waals surface area contributed by atoms with E-state index >= 15 is 0 Å². The van der Waals surface area contributed by atoms with Crippen LogP contribution in [0.2, 0.25) is 0 Å². The number of ether oxygens (including phenoxy) is 3. The molecule has 0 saturated heterocycles. The minimum absolute atomic E-state index is 0.166. The summed E-state index contributed by atoms with van der Waals surface area (Å²) in [6.45, 7) is 9.39. The third-order valence-corrected chi connectivity index (χ3v) is 6.56. The van der Waals surface area contributed by atoms with Gasteiger partial charge in [-0.2, -0.15) is 0 Å². The average Bonchev–Trinajstić information content (AvgIpc) is 2.84. The van der Waals surface area contributed by atoms with Gasteiger partial charge in [-0.1, -0.05) is 32.1 Å².